The Morgan fingerprint density at radius 2 is 2.05 bits per heavy atom. The maximum absolute atomic E-state index is 6.42. The van der Waals surface area contributed by atoms with E-state index < -0.39 is 0 Å². The summed E-state index contributed by atoms with van der Waals surface area (Å²) in [5.41, 5.74) is 11.5. The summed E-state index contributed by atoms with van der Waals surface area (Å²) in [5.74, 6) is 0. The number of allylic oxidation sites excluding steroid dienone is 5. The molecule has 4 rings (SSSR count). The standard InChI is InChI=1S/C19H21N3/c1-19(2)10-9-13-7-8-18(20)22(16(13)11-19)17-12-21-15-6-4-3-5-14(15)17/h3-10,12,18,21H,11,20H2,1-2H3. The van der Waals surface area contributed by atoms with Gasteiger partial charge in [-0.25, -0.2) is 0 Å². The van der Waals surface area contributed by atoms with E-state index in [2.05, 4.69) is 78.5 Å². The molecule has 0 radical (unpaired) electrons. The molecule has 0 saturated heterocycles. The fourth-order valence-electron chi connectivity index (χ4n) is 3.41. The minimum Gasteiger partial charge on any atom is -0.359 e. The van der Waals surface area contributed by atoms with Crippen LogP contribution in [0.5, 0.6) is 0 Å². The van der Waals surface area contributed by atoms with Crippen molar-refractivity contribution in [3.05, 3.63) is 66.0 Å². The van der Waals surface area contributed by atoms with Crippen LogP contribution in [0.2, 0.25) is 0 Å². The van der Waals surface area contributed by atoms with Crippen LogP contribution in [0.3, 0.4) is 0 Å². The van der Waals surface area contributed by atoms with E-state index >= 15 is 0 Å². The molecule has 0 saturated carbocycles. The fraction of sp³-hybridized carbons (Fsp3) is 0.263. The van der Waals surface area contributed by atoms with Gasteiger partial charge in [0.25, 0.3) is 0 Å². The Balaban J connectivity index is 1.88. The summed E-state index contributed by atoms with van der Waals surface area (Å²) in [6.07, 6.45) is 11.7. The van der Waals surface area contributed by atoms with Gasteiger partial charge >= 0.3 is 0 Å². The molecule has 112 valence electrons. The molecule has 3 N–H and O–H groups in total. The van der Waals surface area contributed by atoms with Crippen molar-refractivity contribution >= 4 is 16.6 Å². The summed E-state index contributed by atoms with van der Waals surface area (Å²) >= 11 is 0. The summed E-state index contributed by atoms with van der Waals surface area (Å²) in [5, 5.41) is 1.22. The number of nitrogens with one attached hydrogen (secondary N) is 1. The van der Waals surface area contributed by atoms with Gasteiger partial charge in [-0.2, -0.15) is 0 Å². The van der Waals surface area contributed by atoms with Gasteiger partial charge in [-0.3, -0.25) is 0 Å². The van der Waals surface area contributed by atoms with Crippen LogP contribution in [0.1, 0.15) is 20.3 Å². The molecule has 1 atom stereocenters. The lowest BCUT2D eigenvalue weighted by atomic mass is 9.80. The third kappa shape index (κ3) is 2.01. The molecule has 1 unspecified atom stereocenters. The van der Waals surface area contributed by atoms with Crippen LogP contribution in [0.4, 0.5) is 5.69 Å². The first kappa shape index (κ1) is 13.4. The van der Waals surface area contributed by atoms with Crippen LogP contribution in [0.25, 0.3) is 10.9 Å². The number of fused-ring (bicyclic) bond motifs is 1. The highest BCUT2D eigenvalue weighted by Gasteiger charge is 2.31. The number of hydrogen-bond donors (Lipinski definition) is 2. The van der Waals surface area contributed by atoms with Gasteiger partial charge in [0.1, 0.15) is 6.17 Å². The normalized spacial score (nSPS) is 23.2. The number of aromatic amines is 1. The number of nitrogens with two attached hydrogens (primary N) is 1. The largest absolute Gasteiger partial charge is 0.359 e. The van der Waals surface area contributed by atoms with E-state index in [0.717, 1.165) is 17.6 Å². The lowest BCUT2D eigenvalue weighted by Crippen LogP contribution is -2.43. The smallest absolute Gasteiger partial charge is 0.101 e. The first-order valence-electron chi connectivity index (χ1n) is 7.77. The predicted molar refractivity (Wildman–Crippen MR) is 92.5 cm³/mol. The second-order valence-electron chi connectivity index (χ2n) is 6.84. The Kier molecular flexibility index (Phi) is 2.81. The number of benzene rings is 1. The zero-order chi connectivity index (χ0) is 15.3. The van der Waals surface area contributed by atoms with Gasteiger partial charge in [-0.1, -0.05) is 50.3 Å². The van der Waals surface area contributed by atoms with E-state index in [0.29, 0.717) is 0 Å². The Morgan fingerprint density at radius 1 is 1.23 bits per heavy atom. The van der Waals surface area contributed by atoms with Crippen molar-refractivity contribution in [1.29, 1.82) is 0 Å². The highest BCUT2D eigenvalue weighted by molar-refractivity contribution is 5.94. The van der Waals surface area contributed by atoms with Gasteiger partial charge in [0, 0.05) is 22.8 Å². The Bertz CT molecular complexity index is 820. The van der Waals surface area contributed by atoms with Crippen LogP contribution in [0, 0.1) is 5.41 Å². The number of para-hydroxylation sites is 1. The summed E-state index contributed by atoms with van der Waals surface area (Å²) in [6, 6.07) is 8.38. The van der Waals surface area contributed by atoms with Gasteiger partial charge in [0.05, 0.1) is 5.69 Å². The Labute approximate surface area is 130 Å². The van der Waals surface area contributed by atoms with Crippen LogP contribution in [-0.4, -0.2) is 11.1 Å². The van der Waals surface area contributed by atoms with Crippen molar-refractivity contribution in [2.75, 3.05) is 4.90 Å². The highest BCUT2D eigenvalue weighted by Crippen LogP contribution is 2.41. The molecule has 22 heavy (non-hydrogen) atoms. The molecule has 2 heterocycles. The second kappa shape index (κ2) is 4.62. The van der Waals surface area contributed by atoms with Crippen LogP contribution < -0.4 is 10.6 Å². The first-order chi connectivity index (χ1) is 10.6. The first-order valence-corrected chi connectivity index (χ1v) is 7.77. The van der Waals surface area contributed by atoms with E-state index in [4.69, 9.17) is 5.73 Å². The summed E-state index contributed by atoms with van der Waals surface area (Å²) in [6.45, 7) is 4.54. The maximum Gasteiger partial charge on any atom is 0.101 e. The lowest BCUT2D eigenvalue weighted by molar-refractivity contribution is 0.455. The van der Waals surface area contributed by atoms with Gasteiger partial charge < -0.3 is 15.6 Å². The number of hydrogen-bond acceptors (Lipinski definition) is 2. The number of aromatic nitrogens is 1. The number of anilines is 1. The SMILES string of the molecule is CC1(C)C=CC2=C(C1)N(c1c[nH]c3ccccc13)C(N)C=C2. The quantitative estimate of drug-likeness (QED) is 0.832. The molecule has 1 aliphatic carbocycles. The molecule has 1 aromatic heterocycles. The van der Waals surface area contributed by atoms with E-state index in [1.54, 1.807) is 0 Å². The minimum atomic E-state index is -0.125. The Morgan fingerprint density at radius 3 is 2.91 bits per heavy atom. The molecule has 0 fully saturated rings. The molecule has 0 spiro atoms. The van der Waals surface area contributed by atoms with Gasteiger partial charge in [-0.05, 0) is 29.6 Å². The average Bonchev–Trinajstić information content (AvgIpc) is 2.90. The number of nitrogens with zero attached hydrogens (tertiary/aromatic N) is 1. The third-order valence-electron chi connectivity index (χ3n) is 4.56. The summed E-state index contributed by atoms with van der Waals surface area (Å²) < 4.78 is 0. The molecule has 3 heteroatoms. The van der Waals surface area contributed by atoms with Crippen LogP contribution in [-0.2, 0) is 0 Å². The van der Waals surface area contributed by atoms with Crippen molar-refractivity contribution in [1.82, 2.24) is 4.98 Å². The fourth-order valence-corrected chi connectivity index (χ4v) is 3.41. The molecular formula is C19H21N3. The van der Waals surface area contributed by atoms with Crippen LogP contribution >= 0.6 is 0 Å². The van der Waals surface area contributed by atoms with Crippen molar-refractivity contribution < 1.29 is 0 Å². The third-order valence-corrected chi connectivity index (χ3v) is 4.56. The molecular weight excluding hydrogens is 270 g/mol. The minimum absolute atomic E-state index is 0.125. The van der Waals surface area contributed by atoms with Crippen molar-refractivity contribution in [3.63, 3.8) is 0 Å². The molecule has 2 aromatic rings. The summed E-state index contributed by atoms with van der Waals surface area (Å²) in [4.78, 5) is 5.64. The van der Waals surface area contributed by atoms with Gasteiger partial charge in [0.15, 0.2) is 0 Å². The van der Waals surface area contributed by atoms with Crippen molar-refractivity contribution in [2.24, 2.45) is 11.1 Å². The number of H-pyrrole nitrogens is 1. The molecule has 3 nitrogen and oxygen atoms in total. The molecule has 1 aliphatic heterocycles. The topological polar surface area (TPSA) is 45.0 Å². The molecule has 0 amide bonds. The molecule has 0 bridgehead atoms. The van der Waals surface area contributed by atoms with Crippen LogP contribution in [0.15, 0.2) is 66.0 Å². The second-order valence-corrected chi connectivity index (χ2v) is 6.84. The highest BCUT2D eigenvalue weighted by atomic mass is 15.2. The lowest BCUT2D eigenvalue weighted by Gasteiger charge is -2.40. The van der Waals surface area contributed by atoms with E-state index in [1.165, 1.54) is 16.7 Å². The molecule has 2 aliphatic rings. The maximum atomic E-state index is 6.42. The van der Waals surface area contributed by atoms with Gasteiger partial charge in [-0.15, -0.1) is 0 Å². The van der Waals surface area contributed by atoms with E-state index in [9.17, 15) is 0 Å². The predicted octanol–water partition coefficient (Wildman–Crippen LogP) is 4.07. The van der Waals surface area contributed by atoms with E-state index in [-0.39, 0.29) is 11.6 Å². The monoisotopic (exact) mass is 291 g/mol. The number of rotatable bonds is 1. The average molecular weight is 291 g/mol. The van der Waals surface area contributed by atoms with Crippen molar-refractivity contribution in [3.8, 4) is 0 Å². The summed E-state index contributed by atoms with van der Waals surface area (Å²) in [7, 11) is 0. The van der Waals surface area contributed by atoms with E-state index in [1.807, 2.05) is 0 Å². The molecule has 1 aromatic carbocycles. The van der Waals surface area contributed by atoms with Gasteiger partial charge in [0.2, 0.25) is 0 Å². The zero-order valence-corrected chi connectivity index (χ0v) is 13.0. The zero-order valence-electron chi connectivity index (χ0n) is 13.0. The van der Waals surface area contributed by atoms with Crippen molar-refractivity contribution in [2.45, 2.75) is 26.4 Å². The Hall–Kier alpha value is -2.26.